The summed E-state index contributed by atoms with van der Waals surface area (Å²) in [6.07, 6.45) is 8.52. The highest BCUT2D eigenvalue weighted by molar-refractivity contribution is 8.03. The first-order chi connectivity index (χ1) is 12.5. The molecule has 6 heteroatoms. The fourth-order valence-electron chi connectivity index (χ4n) is 2.57. The van der Waals surface area contributed by atoms with Crippen LogP contribution in [0, 0.1) is 0 Å². The molecule has 146 valence electrons. The molecule has 4 nitrogen and oxygen atoms in total. The third-order valence-electron chi connectivity index (χ3n) is 4.06. The van der Waals surface area contributed by atoms with E-state index in [0.717, 1.165) is 36.3 Å². The van der Waals surface area contributed by atoms with Crippen LogP contribution in [0.15, 0.2) is 34.1 Å². The molecule has 1 aromatic carbocycles. The number of carboxylic acids is 2. The zero-order valence-corrected chi connectivity index (χ0v) is 17.1. The lowest BCUT2D eigenvalue weighted by atomic mass is 10.1. The molecule has 1 atom stereocenters. The van der Waals surface area contributed by atoms with Gasteiger partial charge in [-0.25, -0.2) is 0 Å². The van der Waals surface area contributed by atoms with E-state index in [1.54, 1.807) is 0 Å². The van der Waals surface area contributed by atoms with E-state index in [1.165, 1.54) is 35.9 Å². The molecule has 0 heterocycles. The number of benzene rings is 1. The first-order valence-electron chi connectivity index (χ1n) is 9.37. The highest BCUT2D eigenvalue weighted by atomic mass is 32.2. The summed E-state index contributed by atoms with van der Waals surface area (Å²) in [5.74, 6) is -0.407. The van der Waals surface area contributed by atoms with Crippen LogP contribution in [-0.4, -0.2) is 33.2 Å². The van der Waals surface area contributed by atoms with Gasteiger partial charge < -0.3 is 10.2 Å². The van der Waals surface area contributed by atoms with Gasteiger partial charge in [0.15, 0.2) is 0 Å². The molecule has 1 unspecified atom stereocenters. The second-order valence-corrected chi connectivity index (χ2v) is 8.65. The Labute approximate surface area is 165 Å². The maximum atomic E-state index is 11.2. The van der Waals surface area contributed by atoms with Crippen LogP contribution in [0.25, 0.3) is 0 Å². The third-order valence-corrected chi connectivity index (χ3v) is 6.78. The molecule has 0 radical (unpaired) electrons. The Balaban J connectivity index is 2.21. The smallest absolute Gasteiger partial charge is 0.316 e. The normalized spacial score (nSPS) is 12.0. The Morgan fingerprint density at radius 3 is 2.08 bits per heavy atom. The van der Waals surface area contributed by atoms with Gasteiger partial charge in [0.2, 0.25) is 0 Å². The van der Waals surface area contributed by atoms with Crippen molar-refractivity contribution in [1.82, 2.24) is 0 Å². The van der Waals surface area contributed by atoms with Gasteiger partial charge in [-0.3, -0.25) is 9.59 Å². The number of unbranched alkanes of at least 4 members (excludes halogenated alkanes) is 6. The number of carboxylic acid groups (broad SMARTS) is 2. The van der Waals surface area contributed by atoms with Gasteiger partial charge in [-0.15, -0.1) is 23.5 Å². The van der Waals surface area contributed by atoms with Crippen molar-refractivity contribution < 1.29 is 19.8 Å². The van der Waals surface area contributed by atoms with Crippen LogP contribution in [0.2, 0.25) is 0 Å². The van der Waals surface area contributed by atoms with Gasteiger partial charge in [-0.05, 0) is 37.1 Å². The lowest BCUT2D eigenvalue weighted by Gasteiger charge is -2.13. The van der Waals surface area contributed by atoms with E-state index in [-0.39, 0.29) is 6.42 Å². The van der Waals surface area contributed by atoms with Crippen molar-refractivity contribution in [3.63, 3.8) is 0 Å². The number of hydrogen-bond donors (Lipinski definition) is 2. The summed E-state index contributed by atoms with van der Waals surface area (Å²) in [5.41, 5.74) is 0. The second-order valence-electron chi connectivity index (χ2n) is 6.27. The Kier molecular flexibility index (Phi) is 12.3. The van der Waals surface area contributed by atoms with Gasteiger partial charge in [0.05, 0.1) is 0 Å². The van der Waals surface area contributed by atoms with Crippen LogP contribution in [0.3, 0.4) is 0 Å². The highest BCUT2D eigenvalue weighted by Gasteiger charge is 2.18. The summed E-state index contributed by atoms with van der Waals surface area (Å²) < 4.78 is 0. The lowest BCUT2D eigenvalue weighted by Crippen LogP contribution is -2.14. The van der Waals surface area contributed by atoms with Gasteiger partial charge in [-0.1, -0.05) is 51.2 Å². The van der Waals surface area contributed by atoms with Gasteiger partial charge in [-0.2, -0.15) is 0 Å². The first-order valence-corrected chi connectivity index (χ1v) is 11.2. The van der Waals surface area contributed by atoms with E-state index in [9.17, 15) is 14.7 Å². The number of hydrogen-bond acceptors (Lipinski definition) is 4. The molecule has 0 aromatic heterocycles. The summed E-state index contributed by atoms with van der Waals surface area (Å²) in [7, 11) is 0. The summed E-state index contributed by atoms with van der Waals surface area (Å²) in [4.78, 5) is 23.9. The monoisotopic (exact) mass is 398 g/mol. The van der Waals surface area contributed by atoms with Crippen LogP contribution in [-0.2, 0) is 9.59 Å². The van der Waals surface area contributed by atoms with E-state index in [0.29, 0.717) is 6.42 Å². The van der Waals surface area contributed by atoms with Gasteiger partial charge in [0.25, 0.3) is 0 Å². The van der Waals surface area contributed by atoms with Crippen molar-refractivity contribution in [1.29, 1.82) is 0 Å². The molecule has 0 aliphatic heterocycles. The standard InChI is InChI=1S/C20H30O4S2/c1-2-16(20(23)24)26-18-13-10-9-12-17(18)25-15-11-7-5-3-4-6-8-14-19(21)22/h9-10,12-13,16H,2-8,11,14-15H2,1H3,(H,21,22)(H,23,24). The minimum absolute atomic E-state index is 0.287. The molecule has 0 aliphatic rings. The molecule has 26 heavy (non-hydrogen) atoms. The Morgan fingerprint density at radius 1 is 0.923 bits per heavy atom. The molecule has 2 N–H and O–H groups in total. The predicted molar refractivity (Wildman–Crippen MR) is 109 cm³/mol. The largest absolute Gasteiger partial charge is 0.481 e. The van der Waals surface area contributed by atoms with Gasteiger partial charge >= 0.3 is 11.9 Å². The fraction of sp³-hybridized carbons (Fsp3) is 0.600. The first kappa shape index (κ1) is 22.9. The summed E-state index contributed by atoms with van der Waals surface area (Å²) in [6, 6.07) is 8.05. The van der Waals surface area contributed by atoms with Crippen molar-refractivity contribution in [3.8, 4) is 0 Å². The van der Waals surface area contributed by atoms with E-state index < -0.39 is 17.2 Å². The Bertz CT molecular complexity index is 548. The molecular weight excluding hydrogens is 368 g/mol. The fourth-order valence-corrected chi connectivity index (χ4v) is 4.76. The van der Waals surface area contributed by atoms with Gasteiger partial charge in [0.1, 0.15) is 5.25 Å². The van der Waals surface area contributed by atoms with Crippen LogP contribution in [0.4, 0.5) is 0 Å². The quantitative estimate of drug-likeness (QED) is 0.281. The predicted octanol–water partition coefficient (Wildman–Crippen LogP) is 5.94. The number of rotatable bonds is 15. The van der Waals surface area contributed by atoms with Crippen molar-refractivity contribution in [3.05, 3.63) is 24.3 Å². The molecule has 0 amide bonds. The molecule has 1 aromatic rings. The summed E-state index contributed by atoms with van der Waals surface area (Å²) >= 11 is 3.25. The average Bonchev–Trinajstić information content (AvgIpc) is 2.61. The van der Waals surface area contributed by atoms with E-state index in [2.05, 4.69) is 6.07 Å². The SMILES string of the molecule is CCC(Sc1ccccc1SCCCCCCCCCC(=O)O)C(=O)O. The van der Waals surface area contributed by atoms with Crippen LogP contribution in [0.5, 0.6) is 0 Å². The molecule has 0 saturated carbocycles. The highest BCUT2D eigenvalue weighted by Crippen LogP contribution is 2.34. The van der Waals surface area contributed by atoms with Crippen LogP contribution < -0.4 is 0 Å². The number of thioether (sulfide) groups is 2. The molecular formula is C20H30O4S2. The van der Waals surface area contributed by atoms with Crippen molar-refractivity contribution >= 4 is 35.5 Å². The lowest BCUT2D eigenvalue weighted by molar-refractivity contribution is -0.137. The van der Waals surface area contributed by atoms with Crippen molar-refractivity contribution in [2.75, 3.05) is 5.75 Å². The maximum Gasteiger partial charge on any atom is 0.316 e. The van der Waals surface area contributed by atoms with Crippen molar-refractivity contribution in [2.45, 2.75) is 79.8 Å². The van der Waals surface area contributed by atoms with E-state index in [1.807, 2.05) is 36.9 Å². The van der Waals surface area contributed by atoms with E-state index >= 15 is 0 Å². The minimum Gasteiger partial charge on any atom is -0.481 e. The molecule has 0 aliphatic carbocycles. The second kappa shape index (κ2) is 14.0. The zero-order valence-electron chi connectivity index (χ0n) is 15.5. The molecule has 0 bridgehead atoms. The van der Waals surface area contributed by atoms with Crippen molar-refractivity contribution in [2.24, 2.45) is 0 Å². The molecule has 0 spiro atoms. The maximum absolute atomic E-state index is 11.2. The molecule has 1 rings (SSSR count). The topological polar surface area (TPSA) is 74.6 Å². The van der Waals surface area contributed by atoms with E-state index in [4.69, 9.17) is 5.11 Å². The zero-order chi connectivity index (χ0) is 19.2. The summed E-state index contributed by atoms with van der Waals surface area (Å²) in [5, 5.41) is 17.4. The number of carbonyl (C=O) groups is 2. The molecule has 0 fully saturated rings. The average molecular weight is 399 g/mol. The Morgan fingerprint density at radius 2 is 1.50 bits per heavy atom. The van der Waals surface area contributed by atoms with Crippen LogP contribution >= 0.6 is 23.5 Å². The third kappa shape index (κ3) is 10.1. The minimum atomic E-state index is -0.749. The molecule has 0 saturated heterocycles. The summed E-state index contributed by atoms with van der Waals surface area (Å²) in [6.45, 7) is 1.91. The Hall–Kier alpha value is -1.14. The number of aliphatic carboxylic acids is 2. The van der Waals surface area contributed by atoms with Crippen LogP contribution in [0.1, 0.15) is 64.7 Å². The van der Waals surface area contributed by atoms with Gasteiger partial charge in [0, 0.05) is 16.2 Å².